The van der Waals surface area contributed by atoms with Crippen LogP contribution in [0.25, 0.3) is 5.65 Å². The van der Waals surface area contributed by atoms with Gasteiger partial charge < -0.3 is 9.51 Å². The summed E-state index contributed by atoms with van der Waals surface area (Å²) in [4.78, 5) is 4.81. The number of rotatable bonds is 4. The standard InChI is InChI=1S/C19H22N2O/c1-4-17(22)18-16(12-15-9-5-7-13(2)11-15)20-19-14(3)8-6-10-21(18)19/h5-11,17,22H,4,12H2,1-3H3. The fourth-order valence-electron chi connectivity index (χ4n) is 2.96. The molecule has 3 heteroatoms. The van der Waals surface area contributed by atoms with Crippen molar-refractivity contribution in [3.05, 3.63) is 70.7 Å². The molecular weight excluding hydrogens is 272 g/mol. The second-order valence-electron chi connectivity index (χ2n) is 5.92. The molecule has 114 valence electrons. The first kappa shape index (κ1) is 14.8. The Bertz CT molecular complexity index is 804. The number of aryl methyl sites for hydroxylation is 2. The van der Waals surface area contributed by atoms with E-state index >= 15 is 0 Å². The van der Waals surface area contributed by atoms with Crippen LogP contribution in [0.1, 0.15) is 47.5 Å². The molecule has 0 fully saturated rings. The third-order valence-electron chi connectivity index (χ3n) is 4.11. The van der Waals surface area contributed by atoms with Gasteiger partial charge in [0.05, 0.1) is 17.5 Å². The zero-order valence-electron chi connectivity index (χ0n) is 13.4. The summed E-state index contributed by atoms with van der Waals surface area (Å²) in [5.41, 5.74) is 6.42. The summed E-state index contributed by atoms with van der Waals surface area (Å²) in [6, 6.07) is 12.5. The number of aromatic nitrogens is 2. The molecule has 0 aliphatic heterocycles. The molecule has 1 atom stereocenters. The average Bonchev–Trinajstić information content (AvgIpc) is 2.86. The van der Waals surface area contributed by atoms with Gasteiger partial charge in [-0.05, 0) is 37.5 Å². The lowest BCUT2D eigenvalue weighted by atomic mass is 10.0. The molecule has 0 amide bonds. The minimum absolute atomic E-state index is 0.489. The number of benzene rings is 1. The van der Waals surface area contributed by atoms with E-state index in [0.29, 0.717) is 6.42 Å². The van der Waals surface area contributed by atoms with Gasteiger partial charge in [0.15, 0.2) is 0 Å². The number of aliphatic hydroxyl groups is 1. The van der Waals surface area contributed by atoms with Gasteiger partial charge in [-0.15, -0.1) is 0 Å². The van der Waals surface area contributed by atoms with Crippen LogP contribution >= 0.6 is 0 Å². The molecule has 3 rings (SSSR count). The van der Waals surface area contributed by atoms with Gasteiger partial charge in [-0.3, -0.25) is 0 Å². The van der Waals surface area contributed by atoms with E-state index in [0.717, 1.165) is 29.0 Å². The smallest absolute Gasteiger partial charge is 0.140 e. The predicted molar refractivity (Wildman–Crippen MR) is 89.2 cm³/mol. The van der Waals surface area contributed by atoms with Gasteiger partial charge in [0.25, 0.3) is 0 Å². The Hall–Kier alpha value is -2.13. The normalized spacial score (nSPS) is 12.7. The fourth-order valence-corrected chi connectivity index (χ4v) is 2.96. The van der Waals surface area contributed by atoms with Crippen molar-refractivity contribution in [1.82, 2.24) is 9.38 Å². The second kappa shape index (κ2) is 5.93. The minimum Gasteiger partial charge on any atom is -0.387 e. The van der Waals surface area contributed by atoms with E-state index in [1.807, 2.05) is 23.6 Å². The highest BCUT2D eigenvalue weighted by molar-refractivity contribution is 5.51. The number of nitrogens with zero attached hydrogens (tertiary/aromatic N) is 2. The quantitative estimate of drug-likeness (QED) is 0.790. The maximum absolute atomic E-state index is 10.5. The lowest BCUT2D eigenvalue weighted by Gasteiger charge is -2.11. The van der Waals surface area contributed by atoms with Crippen LogP contribution in [0.4, 0.5) is 0 Å². The Morgan fingerprint density at radius 1 is 1.18 bits per heavy atom. The topological polar surface area (TPSA) is 37.5 Å². The Kier molecular flexibility index (Phi) is 3.99. The summed E-state index contributed by atoms with van der Waals surface area (Å²) in [7, 11) is 0. The Morgan fingerprint density at radius 3 is 2.73 bits per heavy atom. The number of imidazole rings is 1. The molecule has 1 unspecified atom stereocenters. The van der Waals surface area contributed by atoms with Crippen LogP contribution in [0.15, 0.2) is 42.6 Å². The van der Waals surface area contributed by atoms with Crippen LogP contribution in [0.2, 0.25) is 0 Å². The molecule has 0 saturated heterocycles. The molecule has 2 aromatic heterocycles. The van der Waals surface area contributed by atoms with Crippen LogP contribution in [0.3, 0.4) is 0 Å². The summed E-state index contributed by atoms with van der Waals surface area (Å²) in [5, 5.41) is 10.5. The van der Waals surface area contributed by atoms with E-state index in [9.17, 15) is 5.11 Å². The molecule has 1 aromatic carbocycles. The van der Waals surface area contributed by atoms with E-state index in [-0.39, 0.29) is 0 Å². The molecule has 0 aliphatic rings. The van der Waals surface area contributed by atoms with Gasteiger partial charge in [-0.1, -0.05) is 42.8 Å². The van der Waals surface area contributed by atoms with E-state index in [1.165, 1.54) is 11.1 Å². The molecule has 1 N–H and O–H groups in total. The molecule has 3 nitrogen and oxygen atoms in total. The summed E-state index contributed by atoms with van der Waals surface area (Å²) >= 11 is 0. The van der Waals surface area contributed by atoms with E-state index in [1.54, 1.807) is 0 Å². The number of hydrogen-bond donors (Lipinski definition) is 1. The van der Waals surface area contributed by atoms with Gasteiger partial charge in [-0.25, -0.2) is 4.98 Å². The first-order valence-corrected chi connectivity index (χ1v) is 7.80. The second-order valence-corrected chi connectivity index (χ2v) is 5.92. The number of aliphatic hydroxyl groups excluding tert-OH is 1. The Labute approximate surface area is 131 Å². The highest BCUT2D eigenvalue weighted by Gasteiger charge is 2.19. The van der Waals surface area contributed by atoms with Crippen molar-refractivity contribution in [3.63, 3.8) is 0 Å². The minimum atomic E-state index is -0.489. The largest absolute Gasteiger partial charge is 0.387 e. The lowest BCUT2D eigenvalue weighted by molar-refractivity contribution is 0.167. The van der Waals surface area contributed by atoms with Crippen LogP contribution < -0.4 is 0 Å². The van der Waals surface area contributed by atoms with E-state index < -0.39 is 6.10 Å². The van der Waals surface area contributed by atoms with Crippen molar-refractivity contribution in [3.8, 4) is 0 Å². The number of fused-ring (bicyclic) bond motifs is 1. The SMILES string of the molecule is CCC(O)c1c(Cc2cccc(C)c2)nc2c(C)cccn12. The van der Waals surface area contributed by atoms with Crippen molar-refractivity contribution in [2.24, 2.45) is 0 Å². The molecule has 0 saturated carbocycles. The van der Waals surface area contributed by atoms with Gasteiger partial charge in [-0.2, -0.15) is 0 Å². The summed E-state index contributed by atoms with van der Waals surface area (Å²) in [5.74, 6) is 0. The van der Waals surface area contributed by atoms with Crippen LogP contribution in [-0.2, 0) is 6.42 Å². The van der Waals surface area contributed by atoms with Crippen LogP contribution in [0, 0.1) is 13.8 Å². The van der Waals surface area contributed by atoms with Gasteiger partial charge in [0.1, 0.15) is 5.65 Å². The maximum Gasteiger partial charge on any atom is 0.140 e. The molecule has 0 aliphatic carbocycles. The highest BCUT2D eigenvalue weighted by atomic mass is 16.3. The van der Waals surface area contributed by atoms with Crippen molar-refractivity contribution in [1.29, 1.82) is 0 Å². The van der Waals surface area contributed by atoms with Gasteiger partial charge in [0.2, 0.25) is 0 Å². The Morgan fingerprint density at radius 2 is 2.00 bits per heavy atom. The number of pyridine rings is 1. The Balaban J connectivity index is 2.13. The monoisotopic (exact) mass is 294 g/mol. The maximum atomic E-state index is 10.5. The molecule has 2 heterocycles. The van der Waals surface area contributed by atoms with Crippen molar-refractivity contribution in [2.75, 3.05) is 0 Å². The average molecular weight is 294 g/mol. The van der Waals surface area contributed by atoms with Crippen LogP contribution in [0.5, 0.6) is 0 Å². The lowest BCUT2D eigenvalue weighted by Crippen LogP contribution is -2.04. The molecule has 0 radical (unpaired) electrons. The summed E-state index contributed by atoms with van der Waals surface area (Å²) < 4.78 is 2.04. The van der Waals surface area contributed by atoms with Crippen molar-refractivity contribution < 1.29 is 5.11 Å². The van der Waals surface area contributed by atoms with Crippen molar-refractivity contribution >= 4 is 5.65 Å². The van der Waals surface area contributed by atoms with E-state index in [2.05, 4.69) is 44.2 Å². The third-order valence-corrected chi connectivity index (χ3v) is 4.11. The van der Waals surface area contributed by atoms with E-state index in [4.69, 9.17) is 4.98 Å². The van der Waals surface area contributed by atoms with Crippen LogP contribution in [-0.4, -0.2) is 14.5 Å². The number of hydrogen-bond acceptors (Lipinski definition) is 2. The molecule has 0 bridgehead atoms. The van der Waals surface area contributed by atoms with Gasteiger partial charge >= 0.3 is 0 Å². The molecule has 22 heavy (non-hydrogen) atoms. The molecule has 0 spiro atoms. The molecular formula is C19H22N2O. The summed E-state index contributed by atoms with van der Waals surface area (Å²) in [6.45, 7) is 6.15. The first-order valence-electron chi connectivity index (χ1n) is 7.80. The zero-order valence-corrected chi connectivity index (χ0v) is 13.4. The first-order chi connectivity index (χ1) is 10.6. The molecule has 3 aromatic rings. The predicted octanol–water partition coefficient (Wildman–Crippen LogP) is 3.99. The fraction of sp³-hybridized carbons (Fsp3) is 0.316. The third kappa shape index (κ3) is 2.64. The zero-order chi connectivity index (χ0) is 15.7. The van der Waals surface area contributed by atoms with Gasteiger partial charge in [0, 0.05) is 12.6 Å². The highest BCUT2D eigenvalue weighted by Crippen LogP contribution is 2.26. The summed E-state index contributed by atoms with van der Waals surface area (Å²) in [6.07, 6.45) is 2.93. The van der Waals surface area contributed by atoms with Crippen molar-refractivity contribution in [2.45, 2.75) is 39.7 Å².